The van der Waals surface area contributed by atoms with Gasteiger partial charge in [-0.2, -0.15) is 0 Å². The highest BCUT2D eigenvalue weighted by Gasteiger charge is 2.18. The highest BCUT2D eigenvalue weighted by Crippen LogP contribution is 2.42. The van der Waals surface area contributed by atoms with E-state index in [1.165, 1.54) is 37.9 Å². The van der Waals surface area contributed by atoms with E-state index in [4.69, 9.17) is 19.9 Å². The van der Waals surface area contributed by atoms with Crippen molar-refractivity contribution >= 4 is 32.3 Å². The summed E-state index contributed by atoms with van der Waals surface area (Å²) in [6, 6.07) is 72.3. The maximum Gasteiger partial charge on any atom is 0.164 e. The molecular weight excluding hydrogens is 705 g/mol. The molecule has 0 bridgehead atoms. The Bertz CT molecular complexity index is 3270. The summed E-state index contributed by atoms with van der Waals surface area (Å²) >= 11 is 0. The van der Waals surface area contributed by atoms with Crippen molar-refractivity contribution in [1.82, 2.24) is 19.9 Å². The normalized spacial score (nSPS) is 11.4. The third-order valence-electron chi connectivity index (χ3n) is 11.0. The number of hydrogen-bond acceptors (Lipinski definition) is 4. The van der Waals surface area contributed by atoms with Crippen LogP contribution in [0.2, 0.25) is 0 Å². The van der Waals surface area contributed by atoms with Gasteiger partial charge in [0, 0.05) is 27.8 Å². The molecule has 0 atom stereocenters. The van der Waals surface area contributed by atoms with Crippen LogP contribution in [-0.4, -0.2) is 19.9 Å². The maximum absolute atomic E-state index is 5.32. The van der Waals surface area contributed by atoms with Gasteiger partial charge in [-0.1, -0.05) is 176 Å². The van der Waals surface area contributed by atoms with Crippen LogP contribution in [0, 0.1) is 0 Å². The van der Waals surface area contributed by atoms with Crippen LogP contribution in [-0.2, 0) is 0 Å². The molecule has 270 valence electrons. The molecule has 0 radical (unpaired) electrons. The third kappa shape index (κ3) is 6.05. The highest BCUT2D eigenvalue weighted by atomic mass is 15.0. The first-order chi connectivity index (χ1) is 28.7. The van der Waals surface area contributed by atoms with Crippen molar-refractivity contribution in [2.75, 3.05) is 0 Å². The largest absolute Gasteiger partial charge is 0.248 e. The van der Waals surface area contributed by atoms with Crippen molar-refractivity contribution in [3.8, 4) is 78.9 Å². The highest BCUT2D eigenvalue weighted by molar-refractivity contribution is 6.26. The van der Waals surface area contributed by atoms with E-state index in [1.54, 1.807) is 0 Å². The number of rotatable bonds is 7. The Morgan fingerprint density at radius 2 is 0.707 bits per heavy atom. The van der Waals surface area contributed by atoms with E-state index in [1.807, 2.05) is 42.5 Å². The van der Waals surface area contributed by atoms with Crippen LogP contribution in [0.5, 0.6) is 0 Å². The summed E-state index contributed by atoms with van der Waals surface area (Å²) in [6.07, 6.45) is 0. The molecule has 58 heavy (non-hydrogen) atoms. The summed E-state index contributed by atoms with van der Waals surface area (Å²) in [4.78, 5) is 20.6. The molecule has 2 aromatic heterocycles. The van der Waals surface area contributed by atoms with Crippen molar-refractivity contribution in [2.24, 2.45) is 0 Å². The molecule has 0 aliphatic carbocycles. The summed E-state index contributed by atoms with van der Waals surface area (Å²) in [5, 5.41) is 7.56. The molecule has 11 rings (SSSR count). The van der Waals surface area contributed by atoms with Crippen molar-refractivity contribution in [3.05, 3.63) is 206 Å². The molecule has 0 unspecified atom stereocenters. The molecule has 11 aromatic rings. The Balaban J connectivity index is 1.08. The molecule has 0 fully saturated rings. The van der Waals surface area contributed by atoms with Gasteiger partial charge in [-0.15, -0.1) is 0 Å². The van der Waals surface area contributed by atoms with Gasteiger partial charge in [-0.05, 0) is 84.9 Å². The van der Waals surface area contributed by atoms with Gasteiger partial charge in [-0.25, -0.2) is 19.9 Å². The van der Waals surface area contributed by atoms with Crippen molar-refractivity contribution in [3.63, 3.8) is 0 Å². The fourth-order valence-corrected chi connectivity index (χ4v) is 8.23. The van der Waals surface area contributed by atoms with Crippen LogP contribution in [0.4, 0.5) is 0 Å². The Kier molecular flexibility index (Phi) is 8.11. The lowest BCUT2D eigenvalue weighted by Gasteiger charge is -2.16. The zero-order valence-electron chi connectivity index (χ0n) is 31.4. The van der Waals surface area contributed by atoms with Gasteiger partial charge < -0.3 is 0 Å². The third-order valence-corrected chi connectivity index (χ3v) is 11.0. The van der Waals surface area contributed by atoms with Crippen LogP contribution < -0.4 is 0 Å². The molecule has 0 spiro atoms. The molecule has 0 saturated carbocycles. The minimum atomic E-state index is 0.599. The smallest absolute Gasteiger partial charge is 0.164 e. The minimum Gasteiger partial charge on any atom is -0.248 e. The van der Waals surface area contributed by atoms with E-state index in [-0.39, 0.29) is 0 Å². The molecule has 9 aromatic carbocycles. The predicted molar refractivity (Wildman–Crippen MR) is 239 cm³/mol. The molecule has 4 nitrogen and oxygen atoms in total. The van der Waals surface area contributed by atoms with Crippen LogP contribution in [0.25, 0.3) is 111 Å². The molecule has 0 aliphatic rings. The van der Waals surface area contributed by atoms with Crippen molar-refractivity contribution in [1.29, 1.82) is 0 Å². The minimum absolute atomic E-state index is 0.599. The monoisotopic (exact) mass is 738 g/mol. The first kappa shape index (κ1) is 33.5. The second-order valence-corrected chi connectivity index (χ2v) is 14.7. The van der Waals surface area contributed by atoms with E-state index in [2.05, 4.69) is 164 Å². The standard InChI is InChI=1S/C54H34N4/c1-4-14-35(15-5-1)40-22-11-25-43(30-40)53-56-52(39-18-8-3-9-19-39)57-54(58-53)44-26-12-23-41(31-44)49-34-45(33-48(55-49)36-16-6-2-7-17-36)47-32-42-24-10-20-37-28-29-38-21-13-27-46(47)51(38)50(37)42/h1-34H. The van der Waals surface area contributed by atoms with E-state index >= 15 is 0 Å². The summed E-state index contributed by atoms with van der Waals surface area (Å²) in [5.74, 6) is 1.84. The lowest BCUT2D eigenvalue weighted by Crippen LogP contribution is -2.00. The van der Waals surface area contributed by atoms with Gasteiger partial charge in [0.05, 0.1) is 11.4 Å². The Morgan fingerprint density at radius 3 is 1.38 bits per heavy atom. The van der Waals surface area contributed by atoms with E-state index in [0.29, 0.717) is 17.5 Å². The first-order valence-corrected chi connectivity index (χ1v) is 19.5. The van der Waals surface area contributed by atoms with Crippen molar-refractivity contribution in [2.45, 2.75) is 0 Å². The molecule has 0 amide bonds. The van der Waals surface area contributed by atoms with Gasteiger partial charge in [0.1, 0.15) is 0 Å². The van der Waals surface area contributed by atoms with Gasteiger partial charge >= 0.3 is 0 Å². The molecule has 0 saturated heterocycles. The van der Waals surface area contributed by atoms with E-state index in [9.17, 15) is 0 Å². The Labute approximate surface area is 336 Å². The van der Waals surface area contributed by atoms with Gasteiger partial charge in [-0.3, -0.25) is 0 Å². The average Bonchev–Trinajstić information content (AvgIpc) is 3.31. The fraction of sp³-hybridized carbons (Fsp3) is 0. The lowest BCUT2D eigenvalue weighted by molar-refractivity contribution is 1.07. The number of benzene rings is 9. The zero-order valence-corrected chi connectivity index (χ0v) is 31.4. The van der Waals surface area contributed by atoms with Crippen LogP contribution in [0.1, 0.15) is 0 Å². The molecule has 0 aliphatic heterocycles. The lowest BCUT2D eigenvalue weighted by atomic mass is 9.88. The van der Waals surface area contributed by atoms with Crippen LogP contribution in [0.3, 0.4) is 0 Å². The van der Waals surface area contributed by atoms with Gasteiger partial charge in [0.25, 0.3) is 0 Å². The fourth-order valence-electron chi connectivity index (χ4n) is 8.23. The number of pyridine rings is 1. The van der Waals surface area contributed by atoms with Crippen molar-refractivity contribution < 1.29 is 0 Å². The number of nitrogens with zero attached hydrogens (tertiary/aromatic N) is 4. The average molecular weight is 739 g/mol. The number of aromatic nitrogens is 4. The van der Waals surface area contributed by atoms with Crippen LogP contribution in [0.15, 0.2) is 206 Å². The van der Waals surface area contributed by atoms with E-state index < -0.39 is 0 Å². The summed E-state index contributed by atoms with van der Waals surface area (Å²) in [7, 11) is 0. The molecular formula is C54H34N4. The van der Waals surface area contributed by atoms with Gasteiger partial charge in [0.15, 0.2) is 17.5 Å². The topological polar surface area (TPSA) is 51.6 Å². The Morgan fingerprint density at radius 1 is 0.241 bits per heavy atom. The summed E-state index contributed by atoms with van der Waals surface area (Å²) in [6.45, 7) is 0. The second kappa shape index (κ2) is 14.0. The summed E-state index contributed by atoms with van der Waals surface area (Å²) < 4.78 is 0. The quantitative estimate of drug-likeness (QED) is 0.153. The zero-order chi connectivity index (χ0) is 38.4. The molecule has 4 heteroatoms. The predicted octanol–water partition coefficient (Wildman–Crippen LogP) is 13.8. The van der Waals surface area contributed by atoms with E-state index in [0.717, 1.165) is 55.9 Å². The first-order valence-electron chi connectivity index (χ1n) is 19.5. The summed E-state index contributed by atoms with van der Waals surface area (Å²) in [5.41, 5.74) is 11.1. The maximum atomic E-state index is 5.32. The second-order valence-electron chi connectivity index (χ2n) is 14.7. The SMILES string of the molecule is c1ccc(-c2cccc(-c3nc(-c4ccccc4)nc(-c4cccc(-c5cc(-c6cc7cccc8ccc9cccc6c9c87)cc(-c6ccccc6)n5)c4)n3)c2)cc1. The number of hydrogen-bond donors (Lipinski definition) is 0. The Hall–Kier alpha value is -7.82. The van der Waals surface area contributed by atoms with Gasteiger partial charge in [0.2, 0.25) is 0 Å². The molecule has 0 N–H and O–H groups in total. The molecule has 2 heterocycles. The van der Waals surface area contributed by atoms with Crippen LogP contribution >= 0.6 is 0 Å².